The summed E-state index contributed by atoms with van der Waals surface area (Å²) in [5.41, 5.74) is 0.538. The Morgan fingerprint density at radius 2 is 2.46 bits per heavy atom. The maximum Gasteiger partial charge on any atom is 0.308 e. The standard InChI is InChI=1S/C9H7NO3/c1-6(11)13-8-4-7-2-3-12-9(7)10-5-8/h2-5H,1H3. The molecule has 0 saturated heterocycles. The van der Waals surface area contributed by atoms with E-state index in [0.717, 1.165) is 5.39 Å². The molecule has 13 heavy (non-hydrogen) atoms. The van der Waals surface area contributed by atoms with Crippen LogP contribution in [-0.2, 0) is 4.79 Å². The first kappa shape index (κ1) is 7.79. The summed E-state index contributed by atoms with van der Waals surface area (Å²) in [6.45, 7) is 1.35. The molecule has 2 aromatic heterocycles. The van der Waals surface area contributed by atoms with Crippen molar-refractivity contribution in [2.24, 2.45) is 0 Å². The van der Waals surface area contributed by atoms with Gasteiger partial charge in [-0.25, -0.2) is 4.98 Å². The zero-order valence-electron chi connectivity index (χ0n) is 6.98. The molecule has 0 amide bonds. The molecule has 0 bridgehead atoms. The highest BCUT2D eigenvalue weighted by Crippen LogP contribution is 2.18. The second-order valence-electron chi connectivity index (χ2n) is 2.58. The third kappa shape index (κ3) is 1.51. The summed E-state index contributed by atoms with van der Waals surface area (Å²) in [5, 5.41) is 0.818. The lowest BCUT2D eigenvalue weighted by molar-refractivity contribution is -0.131. The van der Waals surface area contributed by atoms with Crippen molar-refractivity contribution in [3.05, 3.63) is 24.6 Å². The Balaban J connectivity index is 2.42. The third-order valence-corrected chi connectivity index (χ3v) is 1.54. The van der Waals surface area contributed by atoms with Gasteiger partial charge in [-0.1, -0.05) is 0 Å². The number of esters is 1. The van der Waals surface area contributed by atoms with Gasteiger partial charge >= 0.3 is 5.97 Å². The Hall–Kier alpha value is -1.84. The van der Waals surface area contributed by atoms with E-state index < -0.39 is 0 Å². The van der Waals surface area contributed by atoms with E-state index in [1.807, 2.05) is 0 Å². The monoisotopic (exact) mass is 177 g/mol. The number of hydrogen-bond donors (Lipinski definition) is 0. The highest BCUT2D eigenvalue weighted by Gasteiger charge is 2.02. The summed E-state index contributed by atoms with van der Waals surface area (Å²) in [4.78, 5) is 14.6. The number of pyridine rings is 1. The number of rotatable bonds is 1. The lowest BCUT2D eigenvalue weighted by Gasteiger charge is -1.98. The molecule has 4 nitrogen and oxygen atoms in total. The van der Waals surface area contributed by atoms with Gasteiger partial charge in [-0.3, -0.25) is 4.79 Å². The second kappa shape index (κ2) is 2.90. The summed E-state index contributed by atoms with van der Waals surface area (Å²) in [5.74, 6) is 0.0750. The lowest BCUT2D eigenvalue weighted by atomic mass is 10.3. The number of aromatic nitrogens is 1. The number of nitrogens with zero attached hydrogens (tertiary/aromatic N) is 1. The predicted octanol–water partition coefficient (Wildman–Crippen LogP) is 1.75. The molecule has 0 aliphatic rings. The average Bonchev–Trinajstić information content (AvgIpc) is 2.49. The Kier molecular flexibility index (Phi) is 1.73. The molecule has 0 N–H and O–H groups in total. The minimum Gasteiger partial charge on any atom is -0.446 e. The number of carbonyl (C=O) groups is 1. The molecule has 0 fully saturated rings. The number of hydrogen-bond acceptors (Lipinski definition) is 4. The fraction of sp³-hybridized carbons (Fsp3) is 0.111. The highest BCUT2D eigenvalue weighted by atomic mass is 16.5. The molecule has 2 heterocycles. The molecule has 0 radical (unpaired) electrons. The van der Waals surface area contributed by atoms with Crippen LogP contribution in [0.15, 0.2) is 29.0 Å². The minimum atomic E-state index is -0.357. The van der Waals surface area contributed by atoms with Crippen molar-refractivity contribution < 1.29 is 13.9 Å². The highest BCUT2D eigenvalue weighted by molar-refractivity contribution is 5.76. The fourth-order valence-corrected chi connectivity index (χ4v) is 1.06. The van der Waals surface area contributed by atoms with Gasteiger partial charge in [0.2, 0.25) is 5.71 Å². The quantitative estimate of drug-likeness (QED) is 0.622. The summed E-state index contributed by atoms with van der Waals surface area (Å²) in [7, 11) is 0. The van der Waals surface area contributed by atoms with Gasteiger partial charge in [0.05, 0.1) is 12.5 Å². The number of ether oxygens (including phenoxy) is 1. The normalized spacial score (nSPS) is 10.2. The van der Waals surface area contributed by atoms with E-state index in [-0.39, 0.29) is 5.97 Å². The van der Waals surface area contributed by atoms with Gasteiger partial charge in [0.1, 0.15) is 5.75 Å². The van der Waals surface area contributed by atoms with Crippen LogP contribution in [0.1, 0.15) is 6.92 Å². The summed E-state index contributed by atoms with van der Waals surface area (Å²) < 4.78 is 9.87. The Morgan fingerprint density at radius 1 is 1.62 bits per heavy atom. The number of carbonyl (C=O) groups excluding carboxylic acids is 1. The smallest absolute Gasteiger partial charge is 0.308 e. The van der Waals surface area contributed by atoms with Crippen molar-refractivity contribution >= 4 is 17.1 Å². The van der Waals surface area contributed by atoms with Crippen molar-refractivity contribution in [2.75, 3.05) is 0 Å². The van der Waals surface area contributed by atoms with Crippen molar-refractivity contribution in [2.45, 2.75) is 6.92 Å². The van der Waals surface area contributed by atoms with Crippen LogP contribution in [0.4, 0.5) is 0 Å². The first-order valence-electron chi connectivity index (χ1n) is 3.77. The van der Waals surface area contributed by atoms with Crippen molar-refractivity contribution in [3.63, 3.8) is 0 Å². The molecule has 0 spiro atoms. The van der Waals surface area contributed by atoms with E-state index in [2.05, 4.69) is 4.98 Å². The fourth-order valence-electron chi connectivity index (χ4n) is 1.06. The molecule has 2 rings (SSSR count). The minimum absolute atomic E-state index is 0.357. The molecular formula is C9H7NO3. The predicted molar refractivity (Wildman–Crippen MR) is 45.3 cm³/mol. The van der Waals surface area contributed by atoms with Crippen LogP contribution in [0, 0.1) is 0 Å². The van der Waals surface area contributed by atoms with E-state index >= 15 is 0 Å². The van der Waals surface area contributed by atoms with Gasteiger partial charge in [-0.2, -0.15) is 0 Å². The molecule has 2 aromatic rings. The van der Waals surface area contributed by atoms with Gasteiger partial charge in [0.15, 0.2) is 0 Å². The molecule has 0 saturated carbocycles. The van der Waals surface area contributed by atoms with E-state index in [0.29, 0.717) is 11.5 Å². The van der Waals surface area contributed by atoms with Crippen LogP contribution in [0.5, 0.6) is 5.75 Å². The SMILES string of the molecule is CC(=O)Oc1cnc2occc2c1. The number of furan rings is 1. The molecular weight excluding hydrogens is 170 g/mol. The first-order chi connectivity index (χ1) is 6.25. The molecule has 0 aromatic carbocycles. The summed E-state index contributed by atoms with van der Waals surface area (Å²) >= 11 is 0. The van der Waals surface area contributed by atoms with Crippen LogP contribution in [0.3, 0.4) is 0 Å². The van der Waals surface area contributed by atoms with Crippen LogP contribution >= 0.6 is 0 Å². The topological polar surface area (TPSA) is 52.3 Å². The molecule has 0 unspecified atom stereocenters. The maximum absolute atomic E-state index is 10.6. The van der Waals surface area contributed by atoms with Crippen molar-refractivity contribution in [1.82, 2.24) is 4.98 Å². The zero-order valence-corrected chi connectivity index (χ0v) is 6.98. The Labute approximate surface area is 74.1 Å². The van der Waals surface area contributed by atoms with E-state index in [9.17, 15) is 4.79 Å². The molecule has 66 valence electrons. The van der Waals surface area contributed by atoms with Crippen LogP contribution in [0.2, 0.25) is 0 Å². The van der Waals surface area contributed by atoms with E-state index in [1.165, 1.54) is 19.4 Å². The van der Waals surface area contributed by atoms with Gasteiger partial charge in [-0.15, -0.1) is 0 Å². The molecule has 0 atom stereocenters. The van der Waals surface area contributed by atoms with Crippen molar-refractivity contribution in [3.8, 4) is 5.75 Å². The van der Waals surface area contributed by atoms with Gasteiger partial charge in [0, 0.05) is 12.3 Å². The van der Waals surface area contributed by atoms with Crippen molar-refractivity contribution in [1.29, 1.82) is 0 Å². The van der Waals surface area contributed by atoms with E-state index in [1.54, 1.807) is 12.1 Å². The third-order valence-electron chi connectivity index (χ3n) is 1.54. The zero-order chi connectivity index (χ0) is 9.26. The van der Waals surface area contributed by atoms with Crippen LogP contribution < -0.4 is 4.74 Å². The van der Waals surface area contributed by atoms with Gasteiger partial charge in [0.25, 0.3) is 0 Å². The van der Waals surface area contributed by atoms with Gasteiger partial charge < -0.3 is 9.15 Å². The summed E-state index contributed by atoms with van der Waals surface area (Å²) in [6, 6.07) is 3.46. The van der Waals surface area contributed by atoms with Crippen LogP contribution in [-0.4, -0.2) is 11.0 Å². The number of fused-ring (bicyclic) bond motifs is 1. The summed E-state index contributed by atoms with van der Waals surface area (Å²) in [6.07, 6.45) is 2.99. The van der Waals surface area contributed by atoms with E-state index in [4.69, 9.17) is 9.15 Å². The largest absolute Gasteiger partial charge is 0.446 e. The maximum atomic E-state index is 10.6. The Bertz CT molecular complexity index is 447. The lowest BCUT2D eigenvalue weighted by Crippen LogP contribution is -2.01. The van der Waals surface area contributed by atoms with Crippen LogP contribution in [0.25, 0.3) is 11.1 Å². The Morgan fingerprint density at radius 3 is 3.23 bits per heavy atom. The molecule has 0 aliphatic heterocycles. The first-order valence-corrected chi connectivity index (χ1v) is 3.77. The molecule has 0 aliphatic carbocycles. The second-order valence-corrected chi connectivity index (χ2v) is 2.58. The van der Waals surface area contributed by atoms with Gasteiger partial charge in [-0.05, 0) is 12.1 Å². The average molecular weight is 177 g/mol. The molecule has 4 heteroatoms.